The lowest BCUT2D eigenvalue weighted by Gasteiger charge is -2.24. The third-order valence-corrected chi connectivity index (χ3v) is 6.70. The van der Waals surface area contributed by atoms with E-state index in [1.54, 1.807) is 24.3 Å². The van der Waals surface area contributed by atoms with Gasteiger partial charge in [0, 0.05) is 5.56 Å². The standard InChI is InChI=1S/C30H25F7O5/c1-2-3-14-38-27-17-39-29(41-27,40-18-27)23-12-10-22(11-13-23)21-8-6-19(7-9-21)4-5-20-15-24(31)26(25(32)16-20)28(33,34)42-30(35,36)37/h4-13,15-16H,2-3,14,17-18H2,1H3. The van der Waals surface area contributed by atoms with Gasteiger partial charge in [-0.05, 0) is 40.8 Å². The van der Waals surface area contributed by atoms with Gasteiger partial charge in [-0.2, -0.15) is 8.78 Å². The molecule has 3 aromatic rings. The maximum atomic E-state index is 14.2. The Bertz CT molecular complexity index is 1400. The highest BCUT2D eigenvalue weighted by Gasteiger charge is 2.61. The van der Waals surface area contributed by atoms with Crippen LogP contribution in [0.5, 0.6) is 0 Å². The van der Waals surface area contributed by atoms with Gasteiger partial charge in [0.2, 0.25) is 5.79 Å². The van der Waals surface area contributed by atoms with E-state index in [-0.39, 0.29) is 18.8 Å². The van der Waals surface area contributed by atoms with Gasteiger partial charge in [-0.15, -0.1) is 13.2 Å². The Balaban J connectivity index is 1.25. The number of alkyl halides is 5. The van der Waals surface area contributed by atoms with Crippen LogP contribution in [0, 0.1) is 11.6 Å². The van der Waals surface area contributed by atoms with Crippen LogP contribution >= 0.6 is 0 Å². The minimum absolute atomic E-state index is 0.180. The molecule has 2 heterocycles. The van der Waals surface area contributed by atoms with Crippen LogP contribution in [0.25, 0.3) is 23.3 Å². The maximum Gasteiger partial charge on any atom is 0.527 e. The summed E-state index contributed by atoms with van der Waals surface area (Å²) in [7, 11) is 0. The molecular weight excluding hydrogens is 573 g/mol. The highest BCUT2D eigenvalue weighted by molar-refractivity contribution is 5.72. The second kappa shape index (κ2) is 11.4. The molecule has 0 radical (unpaired) electrons. The number of fused-ring (bicyclic) bond motifs is 2. The van der Waals surface area contributed by atoms with Crippen LogP contribution in [0.4, 0.5) is 30.7 Å². The van der Waals surface area contributed by atoms with Gasteiger partial charge < -0.3 is 14.2 Å². The van der Waals surface area contributed by atoms with Crippen LogP contribution in [0.2, 0.25) is 0 Å². The van der Waals surface area contributed by atoms with Gasteiger partial charge in [0.1, 0.15) is 30.4 Å². The summed E-state index contributed by atoms with van der Waals surface area (Å²) in [5, 5.41) is 0. The van der Waals surface area contributed by atoms with Gasteiger partial charge in [0.05, 0.1) is 6.61 Å². The molecule has 0 saturated carbocycles. The van der Waals surface area contributed by atoms with Gasteiger partial charge in [0.15, 0.2) is 0 Å². The molecule has 0 N–H and O–H groups in total. The van der Waals surface area contributed by atoms with Crippen LogP contribution in [-0.4, -0.2) is 32.0 Å². The molecule has 224 valence electrons. The van der Waals surface area contributed by atoms with Gasteiger partial charge in [-0.25, -0.2) is 13.5 Å². The van der Waals surface area contributed by atoms with E-state index < -0.39 is 41.4 Å². The number of rotatable bonds is 10. The summed E-state index contributed by atoms with van der Waals surface area (Å²) in [4.78, 5) is 0. The van der Waals surface area contributed by atoms with E-state index in [0.717, 1.165) is 24.0 Å². The molecule has 12 heteroatoms. The highest BCUT2D eigenvalue weighted by atomic mass is 19.4. The molecule has 0 aromatic heterocycles. The SMILES string of the molecule is CCCCOC12COC(c3ccc(-c4ccc(C=Cc5cc(F)c(C(F)(F)OC(F)(F)F)c(F)c5)cc4)cc3)(OC1)O2. The van der Waals surface area contributed by atoms with E-state index in [1.807, 2.05) is 24.3 Å². The van der Waals surface area contributed by atoms with Crippen molar-refractivity contribution in [2.75, 3.05) is 19.8 Å². The molecule has 0 amide bonds. The van der Waals surface area contributed by atoms with E-state index >= 15 is 0 Å². The zero-order chi connectivity index (χ0) is 30.2. The monoisotopic (exact) mass is 598 g/mol. The van der Waals surface area contributed by atoms with Gasteiger partial charge >= 0.3 is 18.4 Å². The first-order valence-electron chi connectivity index (χ1n) is 13.0. The summed E-state index contributed by atoms with van der Waals surface area (Å²) in [6.07, 6.45) is -6.45. The molecule has 0 spiro atoms. The fourth-order valence-electron chi connectivity index (χ4n) is 4.61. The topological polar surface area (TPSA) is 46.2 Å². The first kappa shape index (κ1) is 30.2. The first-order valence-corrected chi connectivity index (χ1v) is 13.0. The Morgan fingerprint density at radius 3 is 1.90 bits per heavy atom. The van der Waals surface area contributed by atoms with Crippen LogP contribution in [-0.2, 0) is 35.8 Å². The maximum absolute atomic E-state index is 14.2. The lowest BCUT2D eigenvalue weighted by atomic mass is 10.0. The van der Waals surface area contributed by atoms with Crippen LogP contribution < -0.4 is 0 Å². The van der Waals surface area contributed by atoms with Crippen molar-refractivity contribution in [1.82, 2.24) is 0 Å². The van der Waals surface area contributed by atoms with Crippen molar-refractivity contribution in [2.24, 2.45) is 0 Å². The smallest absolute Gasteiger partial charge is 0.346 e. The van der Waals surface area contributed by atoms with E-state index in [2.05, 4.69) is 11.7 Å². The van der Waals surface area contributed by atoms with Crippen LogP contribution in [0.1, 0.15) is 42.0 Å². The third kappa shape index (κ3) is 6.37. The van der Waals surface area contributed by atoms with Crippen molar-refractivity contribution in [3.8, 4) is 11.1 Å². The van der Waals surface area contributed by atoms with Crippen LogP contribution in [0.3, 0.4) is 0 Å². The van der Waals surface area contributed by atoms with E-state index in [0.29, 0.717) is 29.9 Å². The highest BCUT2D eigenvalue weighted by Crippen LogP contribution is 2.47. The molecule has 3 aromatic carbocycles. The molecule has 5 nitrogen and oxygen atoms in total. The number of unbranched alkanes of at least 4 members (excludes halogenated alkanes) is 1. The molecule has 0 aliphatic carbocycles. The van der Waals surface area contributed by atoms with E-state index in [4.69, 9.17) is 18.9 Å². The van der Waals surface area contributed by atoms with Crippen molar-refractivity contribution < 1.29 is 54.4 Å². The minimum Gasteiger partial charge on any atom is -0.346 e. The number of ether oxygens (including phenoxy) is 5. The Morgan fingerprint density at radius 1 is 0.810 bits per heavy atom. The average molecular weight is 599 g/mol. The summed E-state index contributed by atoms with van der Waals surface area (Å²) < 4.78 is 119. The van der Waals surface area contributed by atoms with Gasteiger partial charge in [0.25, 0.3) is 0 Å². The zero-order valence-electron chi connectivity index (χ0n) is 22.2. The number of hydrogen-bond donors (Lipinski definition) is 0. The van der Waals surface area contributed by atoms with E-state index in [1.165, 1.54) is 12.2 Å². The molecule has 5 rings (SSSR count). The Labute approximate surface area is 236 Å². The summed E-state index contributed by atoms with van der Waals surface area (Å²) in [5.74, 6) is -6.00. The fraction of sp³-hybridized carbons (Fsp3) is 0.333. The third-order valence-electron chi connectivity index (χ3n) is 6.70. The molecule has 0 unspecified atom stereocenters. The second-order valence-electron chi connectivity index (χ2n) is 9.81. The first-order chi connectivity index (χ1) is 19.8. The Morgan fingerprint density at radius 2 is 1.36 bits per heavy atom. The molecule has 0 atom stereocenters. The van der Waals surface area contributed by atoms with Crippen molar-refractivity contribution in [2.45, 2.75) is 44.0 Å². The second-order valence-corrected chi connectivity index (χ2v) is 9.81. The summed E-state index contributed by atoms with van der Waals surface area (Å²) in [6, 6.07) is 15.4. The van der Waals surface area contributed by atoms with Gasteiger partial charge in [-0.1, -0.05) is 74.0 Å². The molecule has 2 aliphatic heterocycles. The summed E-state index contributed by atoms with van der Waals surface area (Å²) >= 11 is 0. The van der Waals surface area contributed by atoms with Crippen molar-refractivity contribution >= 4 is 12.2 Å². The molecule has 42 heavy (non-hydrogen) atoms. The Kier molecular flexibility index (Phi) is 8.20. The molecule has 2 saturated heterocycles. The van der Waals surface area contributed by atoms with Crippen molar-refractivity contribution in [3.63, 3.8) is 0 Å². The molecule has 2 bridgehead atoms. The minimum atomic E-state index is -5.80. The van der Waals surface area contributed by atoms with E-state index in [9.17, 15) is 30.7 Å². The molecule has 2 aliphatic rings. The number of benzene rings is 3. The number of hydrogen-bond acceptors (Lipinski definition) is 5. The predicted octanol–water partition coefficient (Wildman–Crippen LogP) is 8.09. The summed E-state index contributed by atoms with van der Waals surface area (Å²) in [6.45, 7) is 3.13. The van der Waals surface area contributed by atoms with Crippen molar-refractivity contribution in [1.29, 1.82) is 0 Å². The summed E-state index contributed by atoms with van der Waals surface area (Å²) in [5.41, 5.74) is 0.697. The normalized spacial score (nSPS) is 22.4. The number of halogens is 7. The van der Waals surface area contributed by atoms with Gasteiger partial charge in [-0.3, -0.25) is 4.74 Å². The lowest BCUT2D eigenvalue weighted by molar-refractivity contribution is -0.432. The Hall–Kier alpha value is -3.29. The predicted molar refractivity (Wildman–Crippen MR) is 136 cm³/mol. The van der Waals surface area contributed by atoms with Crippen molar-refractivity contribution in [3.05, 3.63) is 94.6 Å². The zero-order valence-corrected chi connectivity index (χ0v) is 22.2. The molecular formula is C30H25F7O5. The largest absolute Gasteiger partial charge is 0.527 e. The van der Waals surface area contributed by atoms with Crippen LogP contribution in [0.15, 0.2) is 60.7 Å². The molecule has 2 fully saturated rings. The lowest BCUT2D eigenvalue weighted by Crippen LogP contribution is -2.38. The fourth-order valence-corrected chi connectivity index (χ4v) is 4.61. The quantitative estimate of drug-likeness (QED) is 0.134. The average Bonchev–Trinajstić information content (AvgIpc) is 3.48.